The van der Waals surface area contributed by atoms with Gasteiger partial charge in [0.1, 0.15) is 12.7 Å². The number of nitrogens with zero attached hydrogens (tertiary/aromatic N) is 3. The molecule has 0 aliphatic heterocycles. The number of rotatable bonds is 5. The van der Waals surface area contributed by atoms with Crippen LogP contribution in [0.1, 0.15) is 17.0 Å². The van der Waals surface area contributed by atoms with Crippen LogP contribution < -0.4 is 0 Å². The van der Waals surface area contributed by atoms with Gasteiger partial charge in [0.2, 0.25) is 0 Å². The smallest absolute Gasteiger partial charge is 0.342 e. The highest BCUT2D eigenvalue weighted by molar-refractivity contribution is 5.22. The van der Waals surface area contributed by atoms with Gasteiger partial charge in [0.25, 0.3) is 0 Å². The molecule has 0 fully saturated rings. The van der Waals surface area contributed by atoms with E-state index in [9.17, 15) is 15.2 Å². The van der Waals surface area contributed by atoms with Gasteiger partial charge >= 0.3 is 5.82 Å². The van der Waals surface area contributed by atoms with Crippen molar-refractivity contribution in [2.75, 3.05) is 0 Å². The van der Waals surface area contributed by atoms with Crippen molar-refractivity contribution in [1.29, 1.82) is 0 Å². The van der Waals surface area contributed by atoms with Gasteiger partial charge in [-0.2, -0.15) is 0 Å². The van der Waals surface area contributed by atoms with Gasteiger partial charge in [-0.25, -0.2) is 9.55 Å². The van der Waals surface area contributed by atoms with E-state index in [2.05, 4.69) is 4.98 Å². The van der Waals surface area contributed by atoms with Crippen LogP contribution in [0.15, 0.2) is 30.5 Å². The number of nitro groups is 1. The van der Waals surface area contributed by atoms with E-state index in [4.69, 9.17) is 0 Å². The summed E-state index contributed by atoms with van der Waals surface area (Å²) in [5.74, 6) is 0.435. The van der Waals surface area contributed by atoms with Crippen LogP contribution in [0.5, 0.6) is 0 Å². The maximum absolute atomic E-state index is 10.9. The first-order valence-corrected chi connectivity index (χ1v) is 6.37. The van der Waals surface area contributed by atoms with Crippen LogP contribution in [0, 0.1) is 24.0 Å². The van der Waals surface area contributed by atoms with E-state index in [0.29, 0.717) is 12.2 Å². The summed E-state index contributed by atoms with van der Waals surface area (Å²) in [6.45, 7) is 3.85. The topological polar surface area (TPSA) is 81.2 Å². The predicted octanol–water partition coefficient (Wildman–Crippen LogP) is 2.01. The minimum Gasteiger partial charge on any atom is -0.389 e. The first-order valence-electron chi connectivity index (χ1n) is 6.37. The zero-order valence-corrected chi connectivity index (χ0v) is 11.5. The molecule has 1 N–H and O–H groups in total. The van der Waals surface area contributed by atoms with Gasteiger partial charge in [0, 0.05) is 13.3 Å². The van der Waals surface area contributed by atoms with Gasteiger partial charge in [-0.05, 0) is 17.4 Å². The lowest BCUT2D eigenvalue weighted by Crippen LogP contribution is -2.20. The van der Waals surface area contributed by atoms with Crippen LogP contribution in [-0.4, -0.2) is 25.7 Å². The summed E-state index contributed by atoms with van der Waals surface area (Å²) in [5, 5.41) is 21.0. The third kappa shape index (κ3) is 3.21. The summed E-state index contributed by atoms with van der Waals surface area (Å²) < 4.78 is 1.43. The molecule has 20 heavy (non-hydrogen) atoms. The molecule has 1 aromatic carbocycles. The SMILES string of the molecule is Cc1ccc(CC(O)Cn2c([N+](=O)[O-])cnc2C)cc1. The molecule has 1 heterocycles. The number of aromatic nitrogens is 2. The average molecular weight is 275 g/mol. The quantitative estimate of drug-likeness (QED) is 0.668. The van der Waals surface area contributed by atoms with Crippen molar-refractivity contribution < 1.29 is 10.0 Å². The Bertz CT molecular complexity index is 605. The van der Waals surface area contributed by atoms with Gasteiger partial charge < -0.3 is 15.2 Å². The number of aryl methyl sites for hydroxylation is 2. The summed E-state index contributed by atoms with van der Waals surface area (Å²) in [7, 11) is 0. The molecular formula is C14H17N3O3. The molecule has 1 atom stereocenters. The van der Waals surface area contributed by atoms with E-state index in [1.165, 1.54) is 10.8 Å². The molecule has 0 saturated heterocycles. The van der Waals surface area contributed by atoms with Crippen LogP contribution in [-0.2, 0) is 13.0 Å². The minimum atomic E-state index is -0.690. The van der Waals surface area contributed by atoms with Gasteiger partial charge in [0.15, 0.2) is 5.82 Å². The average Bonchev–Trinajstić information content (AvgIpc) is 2.74. The van der Waals surface area contributed by atoms with Crippen molar-refractivity contribution in [1.82, 2.24) is 9.55 Å². The van der Waals surface area contributed by atoms with Crippen LogP contribution >= 0.6 is 0 Å². The standard InChI is InChI=1S/C14H17N3O3/c1-10-3-5-12(6-4-10)7-13(18)9-16-11(2)15-8-14(16)17(19)20/h3-6,8,13,18H,7,9H2,1-2H3. The molecule has 0 radical (unpaired) electrons. The number of hydrogen-bond donors (Lipinski definition) is 1. The highest BCUT2D eigenvalue weighted by Gasteiger charge is 2.20. The molecule has 0 spiro atoms. The molecule has 6 nitrogen and oxygen atoms in total. The molecule has 2 rings (SSSR count). The van der Waals surface area contributed by atoms with Crippen molar-refractivity contribution >= 4 is 5.82 Å². The summed E-state index contributed by atoms with van der Waals surface area (Å²) in [5.41, 5.74) is 2.16. The molecule has 6 heteroatoms. The number of aliphatic hydroxyl groups excluding tert-OH is 1. The van der Waals surface area contributed by atoms with E-state index in [1.54, 1.807) is 6.92 Å². The zero-order valence-electron chi connectivity index (χ0n) is 11.5. The van der Waals surface area contributed by atoms with Crippen LogP contribution in [0.2, 0.25) is 0 Å². The Morgan fingerprint density at radius 3 is 2.60 bits per heavy atom. The highest BCUT2D eigenvalue weighted by Crippen LogP contribution is 2.15. The second-order valence-corrected chi connectivity index (χ2v) is 4.87. The molecule has 0 aliphatic carbocycles. The van der Waals surface area contributed by atoms with Crippen LogP contribution in [0.3, 0.4) is 0 Å². The third-order valence-electron chi connectivity index (χ3n) is 3.21. The van der Waals surface area contributed by atoms with Crippen molar-refractivity contribution in [2.24, 2.45) is 0 Å². The summed E-state index contributed by atoms with van der Waals surface area (Å²) in [4.78, 5) is 14.3. The second kappa shape index (κ2) is 5.83. The van der Waals surface area contributed by atoms with E-state index in [1.807, 2.05) is 31.2 Å². The monoisotopic (exact) mass is 275 g/mol. The van der Waals surface area contributed by atoms with Gasteiger partial charge in [-0.1, -0.05) is 29.8 Å². The fourth-order valence-electron chi connectivity index (χ4n) is 2.10. The Kier molecular flexibility index (Phi) is 4.14. The maximum Gasteiger partial charge on any atom is 0.342 e. The van der Waals surface area contributed by atoms with Crippen molar-refractivity contribution in [2.45, 2.75) is 32.9 Å². The molecule has 106 valence electrons. The van der Waals surface area contributed by atoms with Gasteiger partial charge in [0.05, 0.1) is 6.10 Å². The van der Waals surface area contributed by atoms with Crippen molar-refractivity contribution in [3.05, 3.63) is 57.5 Å². The molecular weight excluding hydrogens is 258 g/mol. The van der Waals surface area contributed by atoms with E-state index in [-0.39, 0.29) is 12.4 Å². The Morgan fingerprint density at radius 2 is 2.00 bits per heavy atom. The highest BCUT2D eigenvalue weighted by atomic mass is 16.6. The third-order valence-corrected chi connectivity index (χ3v) is 3.21. The lowest BCUT2D eigenvalue weighted by molar-refractivity contribution is -0.392. The molecule has 1 unspecified atom stereocenters. The summed E-state index contributed by atoms with van der Waals surface area (Å²) >= 11 is 0. The Hall–Kier alpha value is -2.21. The fraction of sp³-hybridized carbons (Fsp3) is 0.357. The molecule has 0 saturated carbocycles. The van der Waals surface area contributed by atoms with E-state index < -0.39 is 11.0 Å². The normalized spacial score (nSPS) is 12.3. The number of benzene rings is 1. The van der Waals surface area contributed by atoms with Crippen LogP contribution in [0.25, 0.3) is 0 Å². The number of hydrogen-bond acceptors (Lipinski definition) is 4. The lowest BCUT2D eigenvalue weighted by atomic mass is 10.1. The fourth-order valence-corrected chi connectivity index (χ4v) is 2.10. The zero-order chi connectivity index (χ0) is 14.7. The maximum atomic E-state index is 10.9. The van der Waals surface area contributed by atoms with Crippen molar-refractivity contribution in [3.63, 3.8) is 0 Å². The molecule has 0 aliphatic rings. The Morgan fingerprint density at radius 1 is 1.35 bits per heavy atom. The van der Waals surface area contributed by atoms with Gasteiger partial charge in [-0.15, -0.1) is 0 Å². The van der Waals surface area contributed by atoms with E-state index >= 15 is 0 Å². The van der Waals surface area contributed by atoms with Crippen LogP contribution in [0.4, 0.5) is 5.82 Å². The summed E-state index contributed by atoms with van der Waals surface area (Å²) in [6.07, 6.45) is 0.979. The van der Waals surface area contributed by atoms with Crippen molar-refractivity contribution in [3.8, 4) is 0 Å². The van der Waals surface area contributed by atoms with Gasteiger partial charge in [-0.3, -0.25) is 0 Å². The number of imidazole rings is 1. The predicted molar refractivity (Wildman–Crippen MR) is 74.5 cm³/mol. The Balaban J connectivity index is 2.08. The largest absolute Gasteiger partial charge is 0.389 e. The molecule has 0 bridgehead atoms. The molecule has 2 aromatic rings. The minimum absolute atomic E-state index is 0.0922. The Labute approximate surface area is 116 Å². The summed E-state index contributed by atoms with van der Waals surface area (Å²) in [6, 6.07) is 7.86. The number of aliphatic hydroxyl groups is 1. The first-order chi connectivity index (χ1) is 9.47. The second-order valence-electron chi connectivity index (χ2n) is 4.87. The van der Waals surface area contributed by atoms with E-state index in [0.717, 1.165) is 11.1 Å². The first kappa shape index (κ1) is 14.2. The molecule has 1 aromatic heterocycles. The molecule has 0 amide bonds. The lowest BCUT2D eigenvalue weighted by Gasteiger charge is -2.10.